The van der Waals surface area contributed by atoms with Gasteiger partial charge in [-0.1, -0.05) is 35.0 Å². The SMILES string of the molecule is O=C(Nc1ccc(SC(F)F)cc1)c1ccc(Cl)c(Cl)c1. The summed E-state index contributed by atoms with van der Waals surface area (Å²) in [5.74, 6) is -2.83. The molecule has 0 heterocycles. The highest BCUT2D eigenvalue weighted by atomic mass is 35.5. The van der Waals surface area contributed by atoms with Gasteiger partial charge in [0.25, 0.3) is 11.7 Å². The van der Waals surface area contributed by atoms with Gasteiger partial charge in [0.1, 0.15) is 0 Å². The van der Waals surface area contributed by atoms with E-state index in [4.69, 9.17) is 23.2 Å². The minimum Gasteiger partial charge on any atom is -0.322 e. The van der Waals surface area contributed by atoms with Gasteiger partial charge >= 0.3 is 0 Å². The number of halogens is 4. The maximum absolute atomic E-state index is 12.2. The molecule has 0 saturated carbocycles. The minimum atomic E-state index is -2.47. The summed E-state index contributed by atoms with van der Waals surface area (Å²) in [5, 5.41) is 3.30. The van der Waals surface area contributed by atoms with Crippen molar-refractivity contribution in [3.63, 3.8) is 0 Å². The minimum absolute atomic E-state index is 0.285. The number of rotatable bonds is 4. The van der Waals surface area contributed by atoms with E-state index in [2.05, 4.69) is 5.32 Å². The van der Waals surface area contributed by atoms with Crippen LogP contribution >= 0.6 is 35.0 Å². The molecule has 21 heavy (non-hydrogen) atoms. The van der Waals surface area contributed by atoms with Crippen molar-refractivity contribution in [2.45, 2.75) is 10.7 Å². The fourth-order valence-electron chi connectivity index (χ4n) is 1.56. The van der Waals surface area contributed by atoms with E-state index in [1.165, 1.54) is 24.3 Å². The Labute approximate surface area is 134 Å². The third kappa shape index (κ3) is 4.59. The molecule has 1 amide bonds. The second kappa shape index (κ2) is 7.11. The molecule has 0 radical (unpaired) electrons. The van der Waals surface area contributed by atoms with Gasteiger partial charge in [-0.2, -0.15) is 8.78 Å². The van der Waals surface area contributed by atoms with Gasteiger partial charge in [-0.25, -0.2) is 0 Å². The average Bonchev–Trinajstić information content (AvgIpc) is 2.43. The van der Waals surface area contributed by atoms with Crippen LogP contribution in [0.5, 0.6) is 0 Å². The molecule has 2 aromatic carbocycles. The predicted octanol–water partition coefficient (Wildman–Crippen LogP) is 5.56. The number of thioether (sulfide) groups is 1. The second-order valence-electron chi connectivity index (χ2n) is 3.99. The van der Waals surface area contributed by atoms with Gasteiger partial charge in [0.15, 0.2) is 0 Å². The van der Waals surface area contributed by atoms with E-state index in [0.29, 0.717) is 32.9 Å². The van der Waals surface area contributed by atoms with Crippen LogP contribution < -0.4 is 5.32 Å². The summed E-state index contributed by atoms with van der Waals surface area (Å²) in [5.41, 5.74) is 0.861. The fourth-order valence-corrected chi connectivity index (χ4v) is 2.36. The molecular formula is C14H9Cl2F2NOS. The van der Waals surface area contributed by atoms with Gasteiger partial charge in [0, 0.05) is 16.1 Å². The molecule has 7 heteroatoms. The summed E-state index contributed by atoms with van der Waals surface area (Å²) in [4.78, 5) is 12.4. The van der Waals surface area contributed by atoms with Crippen LogP contribution in [-0.2, 0) is 0 Å². The number of alkyl halides is 2. The van der Waals surface area contributed by atoms with E-state index in [1.807, 2.05) is 0 Å². The highest BCUT2D eigenvalue weighted by Crippen LogP contribution is 2.27. The summed E-state index contributed by atoms with van der Waals surface area (Å²) in [7, 11) is 0. The summed E-state index contributed by atoms with van der Waals surface area (Å²) in [6.45, 7) is 0. The van der Waals surface area contributed by atoms with E-state index >= 15 is 0 Å². The number of carbonyl (C=O) groups excluding carboxylic acids is 1. The van der Waals surface area contributed by atoms with Crippen molar-refractivity contribution in [1.82, 2.24) is 0 Å². The smallest absolute Gasteiger partial charge is 0.288 e. The van der Waals surface area contributed by atoms with E-state index in [0.717, 1.165) is 0 Å². The fraction of sp³-hybridized carbons (Fsp3) is 0.0714. The molecule has 0 atom stereocenters. The van der Waals surface area contributed by atoms with Crippen LogP contribution in [0.15, 0.2) is 47.4 Å². The summed E-state index contributed by atoms with van der Waals surface area (Å²) < 4.78 is 24.4. The van der Waals surface area contributed by atoms with Crippen molar-refractivity contribution in [3.05, 3.63) is 58.1 Å². The predicted molar refractivity (Wildman–Crippen MR) is 82.7 cm³/mol. The van der Waals surface area contributed by atoms with Crippen molar-refractivity contribution in [2.75, 3.05) is 5.32 Å². The lowest BCUT2D eigenvalue weighted by atomic mass is 10.2. The Morgan fingerprint density at radius 3 is 2.29 bits per heavy atom. The summed E-state index contributed by atoms with van der Waals surface area (Å²) in [6, 6.07) is 10.7. The zero-order valence-corrected chi connectivity index (χ0v) is 12.8. The van der Waals surface area contributed by atoms with Crippen LogP contribution in [0.25, 0.3) is 0 Å². The lowest BCUT2D eigenvalue weighted by Crippen LogP contribution is -2.11. The van der Waals surface area contributed by atoms with Crippen LogP contribution in [-0.4, -0.2) is 11.7 Å². The number of nitrogens with one attached hydrogen (secondary N) is 1. The largest absolute Gasteiger partial charge is 0.322 e. The number of carbonyl (C=O) groups is 1. The molecule has 0 spiro atoms. The molecule has 0 aliphatic rings. The number of hydrogen-bond donors (Lipinski definition) is 1. The normalized spacial score (nSPS) is 10.7. The average molecular weight is 348 g/mol. The monoisotopic (exact) mass is 347 g/mol. The lowest BCUT2D eigenvalue weighted by molar-refractivity contribution is 0.102. The number of benzene rings is 2. The van der Waals surface area contributed by atoms with Gasteiger partial charge in [-0.3, -0.25) is 4.79 Å². The first-order valence-corrected chi connectivity index (χ1v) is 7.40. The maximum Gasteiger partial charge on any atom is 0.288 e. The molecule has 0 aromatic heterocycles. The van der Waals surface area contributed by atoms with Crippen molar-refractivity contribution < 1.29 is 13.6 Å². The van der Waals surface area contributed by atoms with Crippen molar-refractivity contribution in [2.24, 2.45) is 0 Å². The van der Waals surface area contributed by atoms with Gasteiger partial charge < -0.3 is 5.32 Å². The second-order valence-corrected chi connectivity index (χ2v) is 5.86. The molecule has 0 aliphatic carbocycles. The van der Waals surface area contributed by atoms with E-state index in [9.17, 15) is 13.6 Å². The Morgan fingerprint density at radius 2 is 1.71 bits per heavy atom. The van der Waals surface area contributed by atoms with Gasteiger partial charge in [0.05, 0.1) is 10.0 Å². The van der Waals surface area contributed by atoms with Crippen molar-refractivity contribution in [1.29, 1.82) is 0 Å². The van der Waals surface area contributed by atoms with E-state index in [-0.39, 0.29) is 10.9 Å². The quantitative estimate of drug-likeness (QED) is 0.733. The summed E-state index contributed by atoms with van der Waals surface area (Å²) in [6.07, 6.45) is 0. The molecule has 0 fully saturated rings. The Balaban J connectivity index is 2.06. The molecule has 0 aliphatic heterocycles. The molecule has 110 valence electrons. The Kier molecular flexibility index (Phi) is 5.45. The van der Waals surface area contributed by atoms with Gasteiger partial charge in [-0.15, -0.1) is 0 Å². The number of amides is 1. The first-order chi connectivity index (χ1) is 9.95. The molecular weight excluding hydrogens is 339 g/mol. The van der Waals surface area contributed by atoms with Gasteiger partial charge in [0.2, 0.25) is 0 Å². The zero-order valence-electron chi connectivity index (χ0n) is 10.4. The molecule has 0 saturated heterocycles. The summed E-state index contributed by atoms with van der Waals surface area (Å²) >= 11 is 12.1. The molecule has 0 unspecified atom stereocenters. The third-order valence-corrected chi connectivity index (χ3v) is 3.98. The van der Waals surface area contributed by atoms with Crippen LogP contribution in [0.4, 0.5) is 14.5 Å². The molecule has 2 rings (SSSR count). The topological polar surface area (TPSA) is 29.1 Å². The van der Waals surface area contributed by atoms with Crippen molar-refractivity contribution in [3.8, 4) is 0 Å². The van der Waals surface area contributed by atoms with Crippen LogP contribution in [0, 0.1) is 0 Å². The first-order valence-electron chi connectivity index (χ1n) is 5.77. The Bertz CT molecular complexity index is 650. The van der Waals surface area contributed by atoms with Crippen LogP contribution in [0.2, 0.25) is 10.0 Å². The standard InChI is InChI=1S/C14H9Cl2F2NOS/c15-11-6-1-8(7-12(11)16)13(20)19-9-2-4-10(5-3-9)21-14(17)18/h1-7,14H,(H,19,20). The highest BCUT2D eigenvalue weighted by Gasteiger charge is 2.09. The number of anilines is 1. The first kappa shape index (κ1) is 16.1. The zero-order chi connectivity index (χ0) is 15.4. The Morgan fingerprint density at radius 1 is 1.05 bits per heavy atom. The third-order valence-electron chi connectivity index (χ3n) is 2.52. The van der Waals surface area contributed by atoms with E-state index < -0.39 is 5.76 Å². The molecule has 2 aromatic rings. The van der Waals surface area contributed by atoms with Crippen LogP contribution in [0.1, 0.15) is 10.4 Å². The molecule has 1 N–H and O–H groups in total. The number of hydrogen-bond acceptors (Lipinski definition) is 2. The molecule has 0 bridgehead atoms. The van der Waals surface area contributed by atoms with Crippen LogP contribution in [0.3, 0.4) is 0 Å². The van der Waals surface area contributed by atoms with E-state index in [1.54, 1.807) is 18.2 Å². The molecule has 2 nitrogen and oxygen atoms in total. The van der Waals surface area contributed by atoms with Gasteiger partial charge in [-0.05, 0) is 42.5 Å². The van der Waals surface area contributed by atoms with Crippen molar-refractivity contribution >= 4 is 46.6 Å². The lowest BCUT2D eigenvalue weighted by Gasteiger charge is -2.07. The maximum atomic E-state index is 12.2. The highest BCUT2D eigenvalue weighted by molar-refractivity contribution is 7.99. The Hall–Kier alpha value is -1.30.